The second kappa shape index (κ2) is 9.07. The van der Waals surface area contributed by atoms with Crippen LogP contribution in [0.15, 0.2) is 24.3 Å². The van der Waals surface area contributed by atoms with Gasteiger partial charge in [-0.25, -0.2) is 0 Å². The van der Waals surface area contributed by atoms with Crippen LogP contribution in [0.1, 0.15) is 70.3 Å². The molecule has 1 aliphatic carbocycles. The molecule has 1 saturated carbocycles. The van der Waals surface area contributed by atoms with E-state index in [1.165, 1.54) is 73.3 Å². The van der Waals surface area contributed by atoms with Crippen LogP contribution in [0.4, 0.5) is 0 Å². The van der Waals surface area contributed by atoms with Crippen molar-refractivity contribution < 1.29 is 0 Å². The molecule has 1 aromatic carbocycles. The van der Waals surface area contributed by atoms with Crippen molar-refractivity contribution in [1.82, 2.24) is 0 Å². The Hall–Kier alpha value is -0.0500. The average Bonchev–Trinajstić information content (AvgIpc) is 2.48. The number of benzene rings is 1. The lowest BCUT2D eigenvalue weighted by atomic mass is 9.78. The molecular formula is C19H29I. The highest BCUT2D eigenvalue weighted by molar-refractivity contribution is 14.1. The summed E-state index contributed by atoms with van der Waals surface area (Å²) in [7, 11) is 0. The average molecular weight is 384 g/mol. The van der Waals surface area contributed by atoms with Gasteiger partial charge in [-0.3, -0.25) is 0 Å². The topological polar surface area (TPSA) is 0 Å². The molecule has 0 aromatic heterocycles. The maximum Gasteiger partial charge on any atom is 0.0130 e. The van der Waals surface area contributed by atoms with Gasteiger partial charge in [-0.05, 0) is 65.0 Å². The first kappa shape index (κ1) is 16.3. The van der Waals surface area contributed by atoms with Gasteiger partial charge in [0.25, 0.3) is 0 Å². The van der Waals surface area contributed by atoms with Crippen LogP contribution >= 0.6 is 22.6 Å². The third-order valence-corrected chi connectivity index (χ3v) is 5.66. The lowest BCUT2D eigenvalue weighted by Crippen LogP contribution is -2.15. The van der Waals surface area contributed by atoms with Gasteiger partial charge in [-0.15, -0.1) is 0 Å². The molecule has 1 fully saturated rings. The second-order valence-corrected chi connectivity index (χ2v) is 7.79. The Morgan fingerprint density at radius 1 is 0.900 bits per heavy atom. The molecule has 0 bridgehead atoms. The third-order valence-electron chi connectivity index (χ3n) is 4.94. The summed E-state index contributed by atoms with van der Waals surface area (Å²) in [6.07, 6.45) is 14.4. The molecule has 0 radical (unpaired) electrons. The van der Waals surface area contributed by atoms with Crippen LogP contribution in [0.5, 0.6) is 0 Å². The van der Waals surface area contributed by atoms with Crippen molar-refractivity contribution in [1.29, 1.82) is 0 Å². The van der Waals surface area contributed by atoms with E-state index in [-0.39, 0.29) is 0 Å². The van der Waals surface area contributed by atoms with Crippen LogP contribution in [0, 0.1) is 15.4 Å². The standard InChI is InChI=1S/C19H29I/c1-2-3-4-5-16-6-8-17(9-7-16)10-11-18-12-14-19(20)15-13-18/h12-17H,2-11H2,1H3/t16-,17-. The first-order chi connectivity index (χ1) is 9.78. The van der Waals surface area contributed by atoms with Gasteiger partial charge in [0.15, 0.2) is 0 Å². The van der Waals surface area contributed by atoms with Gasteiger partial charge >= 0.3 is 0 Å². The van der Waals surface area contributed by atoms with Crippen LogP contribution in [-0.2, 0) is 6.42 Å². The van der Waals surface area contributed by atoms with Gasteiger partial charge in [-0.2, -0.15) is 0 Å². The van der Waals surface area contributed by atoms with Gasteiger partial charge in [0.1, 0.15) is 0 Å². The highest BCUT2D eigenvalue weighted by Crippen LogP contribution is 2.34. The molecule has 0 spiro atoms. The van der Waals surface area contributed by atoms with Crippen molar-refractivity contribution in [3.05, 3.63) is 33.4 Å². The van der Waals surface area contributed by atoms with E-state index in [1.807, 2.05) is 0 Å². The summed E-state index contributed by atoms with van der Waals surface area (Å²) in [6, 6.07) is 9.08. The molecule has 0 unspecified atom stereocenters. The lowest BCUT2D eigenvalue weighted by Gasteiger charge is -2.28. The Balaban J connectivity index is 1.63. The minimum atomic E-state index is 0.997. The molecule has 1 aromatic rings. The highest BCUT2D eigenvalue weighted by Gasteiger charge is 2.20. The van der Waals surface area contributed by atoms with E-state index >= 15 is 0 Å². The summed E-state index contributed by atoms with van der Waals surface area (Å²) < 4.78 is 1.35. The van der Waals surface area contributed by atoms with Gasteiger partial charge in [0.2, 0.25) is 0 Å². The molecule has 0 amide bonds. The van der Waals surface area contributed by atoms with Gasteiger partial charge in [0.05, 0.1) is 0 Å². The molecule has 0 aliphatic heterocycles. The zero-order valence-electron chi connectivity index (χ0n) is 12.9. The summed E-state index contributed by atoms with van der Waals surface area (Å²) in [6.45, 7) is 2.31. The van der Waals surface area contributed by atoms with Crippen molar-refractivity contribution in [2.75, 3.05) is 0 Å². The van der Waals surface area contributed by atoms with Crippen molar-refractivity contribution in [2.24, 2.45) is 11.8 Å². The molecule has 0 atom stereocenters. The molecule has 20 heavy (non-hydrogen) atoms. The Kier molecular flexibility index (Phi) is 7.40. The maximum atomic E-state index is 2.38. The largest absolute Gasteiger partial charge is 0.0654 e. The smallest absolute Gasteiger partial charge is 0.0130 e. The Labute approximate surface area is 138 Å². The molecule has 0 nitrogen and oxygen atoms in total. The summed E-state index contributed by atoms with van der Waals surface area (Å²) in [5, 5.41) is 0. The van der Waals surface area contributed by atoms with E-state index in [0.717, 1.165) is 11.8 Å². The minimum absolute atomic E-state index is 0.997. The third kappa shape index (κ3) is 5.75. The molecule has 2 rings (SSSR count). The van der Waals surface area contributed by atoms with E-state index < -0.39 is 0 Å². The maximum absolute atomic E-state index is 2.38. The van der Waals surface area contributed by atoms with E-state index in [4.69, 9.17) is 0 Å². The summed E-state index contributed by atoms with van der Waals surface area (Å²) >= 11 is 2.38. The first-order valence-electron chi connectivity index (χ1n) is 8.52. The Bertz CT molecular complexity index is 360. The molecule has 0 N–H and O–H groups in total. The monoisotopic (exact) mass is 384 g/mol. The van der Waals surface area contributed by atoms with Crippen molar-refractivity contribution in [2.45, 2.75) is 71.1 Å². The van der Waals surface area contributed by atoms with Crippen LogP contribution < -0.4 is 0 Å². The molecule has 1 aliphatic rings. The number of hydrogen-bond donors (Lipinski definition) is 0. The number of hydrogen-bond acceptors (Lipinski definition) is 0. The summed E-state index contributed by atoms with van der Waals surface area (Å²) in [5.41, 5.74) is 1.52. The van der Waals surface area contributed by atoms with E-state index in [1.54, 1.807) is 0 Å². The molecule has 112 valence electrons. The second-order valence-electron chi connectivity index (χ2n) is 6.55. The quantitative estimate of drug-likeness (QED) is 0.367. The molecule has 0 heterocycles. The Morgan fingerprint density at radius 3 is 2.10 bits per heavy atom. The van der Waals surface area contributed by atoms with Crippen molar-refractivity contribution >= 4 is 22.6 Å². The zero-order chi connectivity index (χ0) is 14.2. The fourth-order valence-corrected chi connectivity index (χ4v) is 3.87. The zero-order valence-corrected chi connectivity index (χ0v) is 15.1. The fraction of sp³-hybridized carbons (Fsp3) is 0.684. The predicted octanol–water partition coefficient (Wildman–Crippen LogP) is 6.61. The van der Waals surface area contributed by atoms with E-state index in [9.17, 15) is 0 Å². The van der Waals surface area contributed by atoms with Gasteiger partial charge < -0.3 is 0 Å². The highest BCUT2D eigenvalue weighted by atomic mass is 127. The first-order valence-corrected chi connectivity index (χ1v) is 9.60. The van der Waals surface area contributed by atoms with Crippen molar-refractivity contribution in [3.8, 4) is 0 Å². The number of unbranched alkanes of at least 4 members (excludes halogenated alkanes) is 2. The normalized spacial score (nSPS) is 22.9. The molecule has 1 heteroatoms. The molecule has 0 saturated heterocycles. The van der Waals surface area contributed by atoms with Gasteiger partial charge in [-0.1, -0.05) is 70.4 Å². The number of rotatable bonds is 7. The van der Waals surface area contributed by atoms with E-state index in [0.29, 0.717) is 0 Å². The van der Waals surface area contributed by atoms with Crippen LogP contribution in [-0.4, -0.2) is 0 Å². The van der Waals surface area contributed by atoms with Gasteiger partial charge in [0, 0.05) is 3.57 Å². The van der Waals surface area contributed by atoms with Crippen LogP contribution in [0.3, 0.4) is 0 Å². The molecular weight excluding hydrogens is 355 g/mol. The fourth-order valence-electron chi connectivity index (χ4n) is 3.51. The number of aryl methyl sites for hydroxylation is 1. The predicted molar refractivity (Wildman–Crippen MR) is 97.1 cm³/mol. The summed E-state index contributed by atoms with van der Waals surface area (Å²) in [4.78, 5) is 0. The summed E-state index contributed by atoms with van der Waals surface area (Å²) in [5.74, 6) is 2.05. The SMILES string of the molecule is CCCCC[C@H]1CC[C@H](CCc2ccc(I)cc2)CC1. The number of halogens is 1. The van der Waals surface area contributed by atoms with Crippen LogP contribution in [0.2, 0.25) is 0 Å². The van der Waals surface area contributed by atoms with Crippen LogP contribution in [0.25, 0.3) is 0 Å². The Morgan fingerprint density at radius 2 is 1.50 bits per heavy atom. The van der Waals surface area contributed by atoms with E-state index in [2.05, 4.69) is 53.8 Å². The van der Waals surface area contributed by atoms with Crippen molar-refractivity contribution in [3.63, 3.8) is 0 Å². The lowest BCUT2D eigenvalue weighted by molar-refractivity contribution is 0.249. The minimum Gasteiger partial charge on any atom is -0.0654 e.